The minimum absolute atomic E-state index is 0.0703. The van der Waals surface area contributed by atoms with Crippen molar-refractivity contribution in [3.63, 3.8) is 0 Å². The Morgan fingerprint density at radius 2 is 0.517 bits per heavy atom. The normalized spacial score (nSPS) is 11.6. The maximum Gasteiger partial charge on any atom is 0.0340 e. The summed E-state index contributed by atoms with van der Waals surface area (Å²) in [5, 5.41) is 9.97. The Morgan fingerprint density at radius 1 is 0.200 bits per heavy atom. The third-order valence-electron chi connectivity index (χ3n) is 12.4. The molecule has 0 bridgehead atoms. The van der Waals surface area contributed by atoms with Crippen LogP contribution < -0.4 is 0 Å². The van der Waals surface area contributed by atoms with Crippen molar-refractivity contribution < 1.29 is 0 Å². The van der Waals surface area contributed by atoms with Gasteiger partial charge in [0, 0.05) is 11.8 Å². The molecule has 11 aromatic carbocycles. The summed E-state index contributed by atoms with van der Waals surface area (Å²) in [4.78, 5) is 0. The van der Waals surface area contributed by atoms with E-state index in [1.165, 1.54) is 98.7 Å². The van der Waals surface area contributed by atoms with Gasteiger partial charge in [0.05, 0.1) is 0 Å². The topological polar surface area (TPSA) is 0 Å². The lowest BCUT2D eigenvalue weighted by atomic mass is 9.79. The zero-order valence-electron chi connectivity index (χ0n) is 33.2. The fourth-order valence-corrected chi connectivity index (χ4v) is 9.67. The first-order valence-electron chi connectivity index (χ1n) is 21.0. The zero-order chi connectivity index (χ0) is 39.8. The van der Waals surface area contributed by atoms with Crippen molar-refractivity contribution >= 4 is 43.1 Å². The van der Waals surface area contributed by atoms with Gasteiger partial charge in [-0.25, -0.2) is 0 Å². The molecule has 0 nitrogen and oxygen atoms in total. The van der Waals surface area contributed by atoms with E-state index in [2.05, 4.69) is 243 Å². The predicted molar refractivity (Wildman–Crippen MR) is 255 cm³/mol. The molecule has 0 aliphatic rings. The van der Waals surface area contributed by atoms with Crippen LogP contribution in [-0.4, -0.2) is 0 Å². The molecule has 60 heavy (non-hydrogen) atoms. The molecule has 0 saturated carbocycles. The summed E-state index contributed by atoms with van der Waals surface area (Å²) in [7, 11) is 0. The molecule has 0 N–H and O–H groups in total. The van der Waals surface area contributed by atoms with E-state index >= 15 is 0 Å². The van der Waals surface area contributed by atoms with Crippen LogP contribution in [0, 0.1) is 0 Å². The fraction of sp³-hybridized carbons (Fsp3) is 0.0333. The Morgan fingerprint density at radius 3 is 0.867 bits per heavy atom. The van der Waals surface area contributed by atoms with Gasteiger partial charge in [-0.15, -0.1) is 0 Å². The number of hydrogen-bond acceptors (Lipinski definition) is 0. The number of hydrogen-bond donors (Lipinski definition) is 0. The highest BCUT2D eigenvalue weighted by Crippen LogP contribution is 2.48. The van der Waals surface area contributed by atoms with Gasteiger partial charge in [0.1, 0.15) is 0 Å². The van der Waals surface area contributed by atoms with Gasteiger partial charge in [-0.3, -0.25) is 0 Å². The molecule has 0 radical (unpaired) electrons. The number of benzene rings is 11. The third-order valence-corrected chi connectivity index (χ3v) is 12.4. The largest absolute Gasteiger partial charge is 0.0622 e. The number of fused-ring (bicyclic) bond motifs is 4. The van der Waals surface area contributed by atoms with E-state index in [-0.39, 0.29) is 11.8 Å². The molecule has 0 heteroatoms. The first-order valence-corrected chi connectivity index (χ1v) is 21.0. The van der Waals surface area contributed by atoms with Crippen molar-refractivity contribution in [1.82, 2.24) is 0 Å². The van der Waals surface area contributed by atoms with Gasteiger partial charge in [-0.2, -0.15) is 0 Å². The molecule has 0 spiro atoms. The van der Waals surface area contributed by atoms with E-state index < -0.39 is 0 Å². The van der Waals surface area contributed by atoms with Crippen molar-refractivity contribution in [2.24, 2.45) is 0 Å². The molecule has 282 valence electrons. The Balaban J connectivity index is 1.27. The molecule has 0 amide bonds. The van der Waals surface area contributed by atoms with E-state index in [9.17, 15) is 0 Å². The van der Waals surface area contributed by atoms with Crippen molar-refractivity contribution in [3.8, 4) is 22.3 Å². The quantitative estimate of drug-likeness (QED) is 0.107. The first kappa shape index (κ1) is 35.6. The SMILES string of the molecule is c1ccc(C(c2ccccc2)c2ccc3c(-c4ccc5ccccc5c4)c4cc(C(c5ccccc5)c5ccccc5)ccc4c(-c4ccc5ccccc5c4)c3c2)cc1. The summed E-state index contributed by atoms with van der Waals surface area (Å²) < 4.78 is 0. The summed E-state index contributed by atoms with van der Waals surface area (Å²) in [6, 6.07) is 89.9. The van der Waals surface area contributed by atoms with Crippen LogP contribution in [0.3, 0.4) is 0 Å². The minimum Gasteiger partial charge on any atom is -0.0622 e. The molecule has 0 unspecified atom stereocenters. The smallest absolute Gasteiger partial charge is 0.0340 e. The highest BCUT2D eigenvalue weighted by molar-refractivity contribution is 6.22. The molecule has 0 aliphatic carbocycles. The zero-order valence-corrected chi connectivity index (χ0v) is 33.2. The summed E-state index contributed by atoms with van der Waals surface area (Å²) >= 11 is 0. The third kappa shape index (κ3) is 6.44. The van der Waals surface area contributed by atoms with Crippen LogP contribution in [0.15, 0.2) is 243 Å². The molecule has 0 saturated heterocycles. The summed E-state index contributed by atoms with van der Waals surface area (Å²) in [6.45, 7) is 0. The number of rotatable bonds is 8. The van der Waals surface area contributed by atoms with Crippen molar-refractivity contribution in [2.45, 2.75) is 11.8 Å². The van der Waals surface area contributed by atoms with E-state index in [0.29, 0.717) is 0 Å². The van der Waals surface area contributed by atoms with Gasteiger partial charge in [-0.1, -0.05) is 218 Å². The van der Waals surface area contributed by atoms with Crippen molar-refractivity contribution in [3.05, 3.63) is 276 Å². The van der Waals surface area contributed by atoms with Gasteiger partial charge < -0.3 is 0 Å². The van der Waals surface area contributed by atoms with Crippen LogP contribution in [0.4, 0.5) is 0 Å². The molecular weight excluding hydrogens is 721 g/mol. The lowest BCUT2D eigenvalue weighted by Crippen LogP contribution is -2.04. The molecular formula is C60H42. The maximum absolute atomic E-state index is 2.50. The molecule has 11 rings (SSSR count). The highest BCUT2D eigenvalue weighted by Gasteiger charge is 2.24. The van der Waals surface area contributed by atoms with E-state index in [0.717, 1.165) is 0 Å². The molecule has 0 aliphatic heterocycles. The van der Waals surface area contributed by atoms with Crippen molar-refractivity contribution in [1.29, 1.82) is 0 Å². The average Bonchev–Trinajstić information content (AvgIpc) is 3.32. The summed E-state index contributed by atoms with van der Waals surface area (Å²) in [5.41, 5.74) is 12.6. The Hall–Kier alpha value is -7.54. The average molecular weight is 763 g/mol. The van der Waals surface area contributed by atoms with Crippen LogP contribution in [0.5, 0.6) is 0 Å². The van der Waals surface area contributed by atoms with E-state index in [1.807, 2.05) is 0 Å². The van der Waals surface area contributed by atoms with E-state index in [4.69, 9.17) is 0 Å². The maximum atomic E-state index is 2.50. The standard InChI is InChI=1S/C60H42/c1-5-19-43(20-6-1)57(44-21-7-2-8-22-44)51-33-35-53-55(39-51)59(49-31-29-41-17-13-15-27-47(41)37-49)54-36-34-52(58(45-23-9-3-10-24-45)46-25-11-4-12-26-46)40-56(54)60(53)50-32-30-42-18-14-16-28-48(42)38-50/h1-40,57-58H. The van der Waals surface area contributed by atoms with Crippen LogP contribution in [0.1, 0.15) is 45.2 Å². The van der Waals surface area contributed by atoms with Gasteiger partial charge >= 0.3 is 0 Å². The minimum atomic E-state index is 0.0703. The fourth-order valence-electron chi connectivity index (χ4n) is 9.67. The monoisotopic (exact) mass is 762 g/mol. The van der Waals surface area contributed by atoms with Gasteiger partial charge in [0.25, 0.3) is 0 Å². The van der Waals surface area contributed by atoms with Gasteiger partial charge in [0.15, 0.2) is 0 Å². The van der Waals surface area contributed by atoms with Crippen molar-refractivity contribution in [2.75, 3.05) is 0 Å². The second-order valence-electron chi connectivity index (χ2n) is 16.0. The molecule has 0 heterocycles. The molecule has 0 fully saturated rings. The lowest BCUT2D eigenvalue weighted by molar-refractivity contribution is 0.980. The Labute approximate surface area is 351 Å². The van der Waals surface area contributed by atoms with Gasteiger partial charge in [-0.05, 0) is 123 Å². The molecule has 11 aromatic rings. The van der Waals surface area contributed by atoms with Crippen LogP contribution in [0.25, 0.3) is 65.3 Å². The highest BCUT2D eigenvalue weighted by atomic mass is 14.3. The predicted octanol–water partition coefficient (Wildman–Crippen LogP) is 16.0. The lowest BCUT2D eigenvalue weighted by Gasteiger charge is -2.24. The van der Waals surface area contributed by atoms with E-state index in [1.54, 1.807) is 0 Å². The molecule has 0 aromatic heterocycles. The summed E-state index contributed by atoms with van der Waals surface area (Å²) in [6.07, 6.45) is 0. The first-order chi connectivity index (χ1) is 29.8. The van der Waals surface area contributed by atoms with Crippen LogP contribution in [0.2, 0.25) is 0 Å². The van der Waals surface area contributed by atoms with Gasteiger partial charge in [0.2, 0.25) is 0 Å². The Kier molecular flexibility index (Phi) is 9.10. The Bertz CT molecular complexity index is 2990. The second kappa shape index (κ2) is 15.3. The molecule has 0 atom stereocenters. The van der Waals surface area contributed by atoms with Crippen LogP contribution in [-0.2, 0) is 0 Å². The second-order valence-corrected chi connectivity index (χ2v) is 16.0. The van der Waals surface area contributed by atoms with Crippen LogP contribution >= 0.6 is 0 Å². The summed E-state index contributed by atoms with van der Waals surface area (Å²) in [5.74, 6) is 0.141.